The number of hydrogen-bond acceptors (Lipinski definition) is 2. The molecular formula is C97H68N4OSi. The van der Waals surface area contributed by atoms with E-state index >= 15 is 0 Å². The first-order valence-electron chi connectivity index (χ1n) is 55.6. The molecule has 0 radical (unpaired) electrons. The van der Waals surface area contributed by atoms with Crippen molar-refractivity contribution >= 4 is 61.7 Å². The average Bonchev–Trinajstić information content (AvgIpc) is 0.821. The van der Waals surface area contributed by atoms with Crippen LogP contribution in [0.4, 0.5) is 0 Å². The predicted octanol–water partition coefficient (Wildman–Crippen LogP) is 21.3. The summed E-state index contributed by atoms with van der Waals surface area (Å²) in [5.41, 5.74) is -14.5. The molecule has 3 aromatic heterocycles. The second-order valence-electron chi connectivity index (χ2n) is 22.6. The van der Waals surface area contributed by atoms with Gasteiger partial charge < -0.3 is 4.74 Å². The maximum atomic E-state index is 10.8. The molecule has 0 atom stereocenters. The number of benzene rings is 15. The molecule has 0 saturated heterocycles. The molecule has 18 aromatic rings. The third-order valence-electron chi connectivity index (χ3n) is 16.9. The van der Waals surface area contributed by atoms with E-state index in [9.17, 15) is 35.6 Å². The van der Waals surface area contributed by atoms with Gasteiger partial charge in [0.15, 0.2) is 8.07 Å². The molecule has 0 aliphatic heterocycles. The molecule has 0 aliphatic rings. The molecule has 0 saturated carbocycles. The minimum Gasteiger partial charge on any atom is -0.458 e. The van der Waals surface area contributed by atoms with Crippen LogP contribution in [0.3, 0.4) is 0 Å². The largest absolute Gasteiger partial charge is 0.458 e. The van der Waals surface area contributed by atoms with Gasteiger partial charge in [-0.25, -0.2) is 4.98 Å². The van der Waals surface area contributed by atoms with Crippen LogP contribution in [0.1, 0.15) is 72.7 Å². The highest BCUT2D eigenvalue weighted by atomic mass is 28.3. The molecule has 15 aromatic carbocycles. The lowest BCUT2D eigenvalue weighted by molar-refractivity contribution is -0.571. The van der Waals surface area contributed by atoms with E-state index < -0.39 is 408 Å². The average molecular weight is 1380 g/mol. The summed E-state index contributed by atoms with van der Waals surface area (Å²) >= 11 is 0. The number of aromatic nitrogens is 4. The summed E-state index contributed by atoms with van der Waals surface area (Å²) in [6.07, 6.45) is 4.26. The second-order valence-corrected chi connectivity index (χ2v) is 26.2. The van der Waals surface area contributed by atoms with Crippen LogP contribution in [0.25, 0.3) is 128 Å². The van der Waals surface area contributed by atoms with Crippen molar-refractivity contribution in [1.29, 1.82) is 0 Å². The van der Waals surface area contributed by atoms with E-state index in [1.54, 1.807) is 34.9 Å². The number of nitrogens with zero attached hydrogens (tertiary/aromatic N) is 4. The van der Waals surface area contributed by atoms with Crippen LogP contribution in [-0.2, 0) is 0 Å². The summed E-state index contributed by atoms with van der Waals surface area (Å²) in [6, 6.07) is -27.3. The van der Waals surface area contributed by atoms with Gasteiger partial charge in [-0.05, 0) is 184 Å². The Hall–Kier alpha value is -13.3. The Morgan fingerprint density at radius 1 is 0.369 bits per heavy atom. The van der Waals surface area contributed by atoms with Crippen molar-refractivity contribution in [3.63, 3.8) is 0 Å². The molecule has 0 unspecified atom stereocenters. The van der Waals surface area contributed by atoms with Gasteiger partial charge in [0, 0.05) is 32.7 Å². The highest BCUT2D eigenvalue weighted by molar-refractivity contribution is 7.20. The lowest BCUT2D eigenvalue weighted by atomic mass is 9.89. The number of para-hydroxylation sites is 2. The molecular weight excluding hydrogens is 1270 g/mol. The third-order valence-corrected chi connectivity index (χ3v) is 21.0. The second kappa shape index (κ2) is 26.8. The topological polar surface area (TPSA) is 35.9 Å². The number of imidazole rings is 1. The molecule has 0 spiro atoms. The van der Waals surface area contributed by atoms with Gasteiger partial charge in [0.2, 0.25) is 0 Å². The van der Waals surface area contributed by atoms with Crippen LogP contribution in [0, 0.1) is 13.2 Å². The van der Waals surface area contributed by atoms with Crippen molar-refractivity contribution in [3.8, 4) is 107 Å². The SMILES string of the molecule is [2H]c1c([2H])c([2H])c(-c2cnc(-n3c4ccccc4c4ccc(Oc5cccc(-n6[c-][n+](-c7c(-c8c([2H])c(-c9c([2H])c([2H])c([2H])c([2H])c9[2H])c([2H])c(-c9c([2H])c([2H])c([2H])c([2H])c9[2H])c8[2H])cccc7-c7c([2H])c(-c8c([2H])c([2H])c([2H])c([2H])c8[2H])c([2H])c(-c8c([2H])c([2H])c([2H])c([2H])c8[2H])c7[2H])c7ccc([Si](c8c([2H])c([2H])c([2H])c([2H])c8[2H])(c8c([2H])c([2H])c([2H])c([2H])c8[2H])c8c([2H])c([2H])c([2H])c([2H])c8[2H])cc76)c5)cc43)cc2C([2H])([2H])[2H])c([2H])c1[2H]. The Bertz CT molecular complexity index is 8420. The Balaban J connectivity index is 1.05. The summed E-state index contributed by atoms with van der Waals surface area (Å²) in [5, 5.41) is -2.72. The van der Waals surface area contributed by atoms with Crippen molar-refractivity contribution in [2.75, 3.05) is 0 Å². The van der Waals surface area contributed by atoms with Crippen molar-refractivity contribution < 1.29 is 76.5 Å². The van der Waals surface area contributed by atoms with E-state index in [4.69, 9.17) is 41.2 Å². The molecule has 486 valence electrons. The quantitative estimate of drug-likeness (QED) is 0.0418. The summed E-state index contributed by atoms with van der Waals surface area (Å²) in [4.78, 5) is 4.69. The minimum atomic E-state index is -6.35. The van der Waals surface area contributed by atoms with Gasteiger partial charge in [-0.15, -0.1) is 0 Å². The molecule has 0 bridgehead atoms. The van der Waals surface area contributed by atoms with E-state index in [0.717, 1.165) is 57.8 Å². The number of hydrogen-bond donors (Lipinski definition) is 0. The van der Waals surface area contributed by atoms with Crippen molar-refractivity contribution in [3.05, 3.63) is 405 Å². The fourth-order valence-electron chi connectivity index (χ4n) is 12.4. The zero-order valence-electron chi connectivity index (χ0n) is 102. The van der Waals surface area contributed by atoms with E-state index in [1.165, 1.54) is 36.4 Å². The Labute approximate surface area is 669 Å². The van der Waals surface area contributed by atoms with Crippen LogP contribution < -0.4 is 30.1 Å². The number of fused-ring (bicyclic) bond motifs is 4. The van der Waals surface area contributed by atoms with E-state index in [2.05, 4.69) is 6.33 Å². The van der Waals surface area contributed by atoms with Crippen molar-refractivity contribution in [2.45, 2.75) is 6.85 Å². The van der Waals surface area contributed by atoms with Crippen LogP contribution in [-0.4, -0.2) is 22.2 Å². The monoisotopic (exact) mass is 1380 g/mol. The van der Waals surface area contributed by atoms with Crippen molar-refractivity contribution in [1.82, 2.24) is 14.1 Å². The number of ether oxygens (including phenoxy) is 1. The van der Waals surface area contributed by atoms with Gasteiger partial charge in [-0.1, -0.05) is 302 Å². The van der Waals surface area contributed by atoms with Gasteiger partial charge >= 0.3 is 0 Å². The predicted molar refractivity (Wildman–Crippen MR) is 429 cm³/mol. The van der Waals surface area contributed by atoms with E-state index in [1.807, 2.05) is 0 Å². The van der Waals surface area contributed by atoms with Crippen LogP contribution in [0.5, 0.6) is 11.5 Å². The highest BCUT2D eigenvalue weighted by Crippen LogP contribution is 2.42. The normalized spacial score (nSPS) is 18.3. The fourth-order valence-corrected chi connectivity index (χ4v) is 16.3. The highest BCUT2D eigenvalue weighted by Gasteiger charge is 2.42. The van der Waals surface area contributed by atoms with E-state index in [-0.39, 0.29) is 34.1 Å². The van der Waals surface area contributed by atoms with Crippen LogP contribution in [0.2, 0.25) is 0 Å². The van der Waals surface area contributed by atoms with Crippen LogP contribution >= 0.6 is 0 Å². The zero-order chi connectivity index (χ0) is 111. The first kappa shape index (κ1) is 29.1. The van der Waals surface area contributed by atoms with Gasteiger partial charge in [-0.3, -0.25) is 13.7 Å². The molecule has 5 nitrogen and oxygen atoms in total. The molecule has 0 aliphatic carbocycles. The molecule has 0 fully saturated rings. The molecule has 0 N–H and O–H groups in total. The summed E-state index contributed by atoms with van der Waals surface area (Å²) in [5.74, 6) is -0.344. The molecule has 103 heavy (non-hydrogen) atoms. The maximum Gasteiger partial charge on any atom is 0.269 e. The minimum absolute atomic E-state index is 0.0569. The smallest absolute Gasteiger partial charge is 0.269 e. The molecule has 6 heteroatoms. The van der Waals surface area contributed by atoms with Crippen molar-refractivity contribution in [2.24, 2.45) is 0 Å². The number of aryl methyl sites for hydroxylation is 1. The third kappa shape index (κ3) is 11.5. The lowest BCUT2D eigenvalue weighted by Crippen LogP contribution is -2.74. The summed E-state index contributed by atoms with van der Waals surface area (Å²) in [7, 11) is -6.35. The maximum absolute atomic E-state index is 10.8. The number of pyridine rings is 1. The van der Waals surface area contributed by atoms with Gasteiger partial charge in [-0.2, -0.15) is 0 Å². The molecule has 18 rings (SSSR count). The Morgan fingerprint density at radius 3 is 1.34 bits per heavy atom. The van der Waals surface area contributed by atoms with Crippen LogP contribution in [0.15, 0.2) is 393 Å². The number of rotatable bonds is 16. The molecule has 3 heterocycles. The fraction of sp³-hybridized carbons (Fsp3) is 0.0103. The van der Waals surface area contributed by atoms with Gasteiger partial charge in [0.05, 0.1) is 96.5 Å². The zero-order valence-corrected chi connectivity index (χ0v) is 53.7. The first-order valence-corrected chi connectivity index (χ1v) is 33.1. The summed E-state index contributed by atoms with van der Waals surface area (Å²) < 4.78 is 472. The standard InChI is InChI=1S/C97H68N4OSi/c1-68-56-96(98-66-91(68)73-38-18-6-19-39-73)101-92-51-27-26-48-89(92)90-54-52-82(64-94(90)101)102-81-41-28-40-80(63-81)99-67-100(93-55-53-86(65-95(93)99)103(83-42-20-7-21-43-83,84-44-22-8-23-45-84)85-46-24-9-25-47-85)97-87(78-59-74(69-30-10-2-11-31-69)57-75(60-78)70-32-12-3-13-33-70)49-29-50-88(97)79-61-76(71-34-14-4-15-35-71)58-77(62-79)72-36-16-5-17-37-72/h2-66H,1H3/i1D3,2D,3D,4D,5D,6D,7D,8D,9D,10D,11D,12D,13D,14D,15D,16D,17D,18D,19D,20D,21D,22D,23D,24D,25D,30D,31D,32D,33D,34D,35D,36D,37D,38D,39D,42D,43D,44D,45D,46D,47D,57D,58D,59D,60D,61D,62D. The molecule has 0 amide bonds. The lowest BCUT2D eigenvalue weighted by Gasteiger charge is -2.34. The Kier molecular flexibility index (Phi) is 7.57. The van der Waals surface area contributed by atoms with E-state index in [0.29, 0.717) is 16.3 Å². The summed E-state index contributed by atoms with van der Waals surface area (Å²) in [6.45, 7) is -3.08. The Morgan fingerprint density at radius 2 is 0.825 bits per heavy atom. The van der Waals surface area contributed by atoms with Gasteiger partial charge in [0.1, 0.15) is 17.3 Å². The van der Waals surface area contributed by atoms with Gasteiger partial charge in [0.25, 0.3) is 6.33 Å². The first-order chi connectivity index (χ1) is 71.3.